The van der Waals surface area contributed by atoms with Gasteiger partial charge in [-0.2, -0.15) is 0 Å². The van der Waals surface area contributed by atoms with Crippen molar-refractivity contribution in [1.82, 2.24) is 15.6 Å². The standard InChI is InChI=1S/C24H31N5OS/c1-3-25-24(28-20-11-14-29(15-12-20)22-5-4-16-31-22)26-13-10-21-17-30-23(27-21)19-8-6-18(2)7-9-19/h4-9,16-17,20H,3,10-15H2,1-2H3,(H2,25,26,28). The van der Waals surface area contributed by atoms with E-state index in [1.165, 1.54) is 10.6 Å². The van der Waals surface area contributed by atoms with E-state index in [0.717, 1.165) is 56.1 Å². The maximum absolute atomic E-state index is 5.66. The van der Waals surface area contributed by atoms with Crippen LogP contribution in [0, 0.1) is 6.92 Å². The van der Waals surface area contributed by atoms with Crippen LogP contribution in [0.1, 0.15) is 31.0 Å². The third-order valence-electron chi connectivity index (χ3n) is 5.49. The molecule has 3 heterocycles. The number of nitrogens with zero attached hydrogens (tertiary/aromatic N) is 3. The summed E-state index contributed by atoms with van der Waals surface area (Å²) in [7, 11) is 0. The Morgan fingerprint density at radius 3 is 2.74 bits per heavy atom. The molecule has 3 aromatic rings. The van der Waals surface area contributed by atoms with Crippen LogP contribution in [0.25, 0.3) is 11.5 Å². The van der Waals surface area contributed by atoms with Crippen molar-refractivity contribution in [3.05, 3.63) is 59.3 Å². The minimum atomic E-state index is 0.453. The Hall–Kier alpha value is -2.80. The Kier molecular flexibility index (Phi) is 7.25. The Morgan fingerprint density at radius 1 is 1.23 bits per heavy atom. The Morgan fingerprint density at radius 2 is 2.03 bits per heavy atom. The summed E-state index contributed by atoms with van der Waals surface area (Å²) in [5.74, 6) is 1.56. The van der Waals surface area contributed by atoms with Crippen molar-refractivity contribution >= 4 is 22.3 Å². The van der Waals surface area contributed by atoms with Gasteiger partial charge >= 0.3 is 0 Å². The second-order valence-corrected chi connectivity index (χ2v) is 8.80. The molecule has 0 amide bonds. The summed E-state index contributed by atoms with van der Waals surface area (Å²) < 4.78 is 5.66. The number of hydrogen-bond donors (Lipinski definition) is 2. The number of rotatable bonds is 7. The van der Waals surface area contributed by atoms with Crippen LogP contribution in [-0.4, -0.2) is 43.2 Å². The number of anilines is 1. The second-order valence-electron chi connectivity index (χ2n) is 7.88. The van der Waals surface area contributed by atoms with Crippen LogP contribution in [0.3, 0.4) is 0 Å². The maximum Gasteiger partial charge on any atom is 0.226 e. The number of aryl methyl sites for hydroxylation is 1. The van der Waals surface area contributed by atoms with Gasteiger partial charge in [0.05, 0.1) is 10.7 Å². The second kappa shape index (κ2) is 10.5. The third kappa shape index (κ3) is 5.88. The van der Waals surface area contributed by atoms with Gasteiger partial charge in [-0.05, 0) is 56.3 Å². The molecule has 7 heteroatoms. The highest BCUT2D eigenvalue weighted by Crippen LogP contribution is 2.24. The molecule has 31 heavy (non-hydrogen) atoms. The number of piperidine rings is 1. The summed E-state index contributed by atoms with van der Waals surface area (Å²) in [6, 6.07) is 13.0. The van der Waals surface area contributed by atoms with Crippen LogP contribution in [0.2, 0.25) is 0 Å². The highest BCUT2D eigenvalue weighted by atomic mass is 32.1. The van der Waals surface area contributed by atoms with Gasteiger partial charge in [0.15, 0.2) is 5.96 Å². The van der Waals surface area contributed by atoms with E-state index in [4.69, 9.17) is 9.41 Å². The zero-order valence-corrected chi connectivity index (χ0v) is 19.1. The zero-order chi connectivity index (χ0) is 21.5. The van der Waals surface area contributed by atoms with Crippen LogP contribution >= 0.6 is 11.3 Å². The topological polar surface area (TPSA) is 65.7 Å². The molecule has 0 unspecified atom stereocenters. The lowest BCUT2D eigenvalue weighted by Gasteiger charge is -2.33. The van der Waals surface area contributed by atoms with E-state index in [-0.39, 0.29) is 0 Å². The first-order valence-corrected chi connectivity index (χ1v) is 11.9. The fraction of sp³-hybridized carbons (Fsp3) is 0.417. The van der Waals surface area contributed by atoms with Crippen molar-refractivity contribution in [2.45, 2.75) is 39.2 Å². The summed E-state index contributed by atoms with van der Waals surface area (Å²) in [5.41, 5.74) is 3.16. The van der Waals surface area contributed by atoms with Crippen molar-refractivity contribution in [3.63, 3.8) is 0 Å². The van der Waals surface area contributed by atoms with Crippen molar-refractivity contribution < 1.29 is 4.42 Å². The van der Waals surface area contributed by atoms with Gasteiger partial charge in [0.1, 0.15) is 6.26 Å². The van der Waals surface area contributed by atoms with Crippen molar-refractivity contribution in [2.75, 3.05) is 31.1 Å². The van der Waals surface area contributed by atoms with Crippen LogP contribution in [0.4, 0.5) is 5.00 Å². The molecule has 1 aliphatic heterocycles. The van der Waals surface area contributed by atoms with E-state index in [1.807, 2.05) is 23.5 Å². The molecule has 1 aromatic carbocycles. The number of nitrogens with one attached hydrogen (secondary N) is 2. The third-order valence-corrected chi connectivity index (χ3v) is 6.41. The molecule has 164 valence electrons. The average Bonchev–Trinajstić information content (AvgIpc) is 3.48. The molecule has 0 saturated carbocycles. The van der Waals surface area contributed by atoms with Crippen LogP contribution in [0.5, 0.6) is 0 Å². The number of guanidine groups is 1. The van der Waals surface area contributed by atoms with E-state index in [0.29, 0.717) is 18.5 Å². The number of aliphatic imine (C=N–C) groups is 1. The van der Waals surface area contributed by atoms with E-state index in [2.05, 4.69) is 64.0 Å². The molecule has 1 fully saturated rings. The highest BCUT2D eigenvalue weighted by molar-refractivity contribution is 7.14. The lowest BCUT2D eigenvalue weighted by Crippen LogP contribution is -2.48. The van der Waals surface area contributed by atoms with Gasteiger partial charge in [-0.1, -0.05) is 17.7 Å². The fourth-order valence-corrected chi connectivity index (χ4v) is 4.53. The van der Waals surface area contributed by atoms with Crippen LogP contribution in [0.15, 0.2) is 57.5 Å². The molecule has 0 bridgehead atoms. The molecule has 4 rings (SSSR count). The predicted octanol–water partition coefficient (Wildman–Crippen LogP) is 4.48. The highest BCUT2D eigenvalue weighted by Gasteiger charge is 2.20. The van der Waals surface area contributed by atoms with Crippen molar-refractivity contribution in [3.8, 4) is 11.5 Å². The summed E-state index contributed by atoms with van der Waals surface area (Å²) in [6.07, 6.45) is 4.73. The number of thiophene rings is 1. The largest absolute Gasteiger partial charge is 0.444 e. The van der Waals surface area contributed by atoms with E-state index < -0.39 is 0 Å². The monoisotopic (exact) mass is 437 g/mol. The van der Waals surface area contributed by atoms with Crippen molar-refractivity contribution in [2.24, 2.45) is 4.99 Å². The zero-order valence-electron chi connectivity index (χ0n) is 18.3. The summed E-state index contributed by atoms with van der Waals surface area (Å²) in [5, 5.41) is 10.5. The fourth-order valence-electron chi connectivity index (χ4n) is 3.74. The number of benzene rings is 1. The SMILES string of the molecule is CCNC(=NCCc1coc(-c2ccc(C)cc2)n1)NC1CCN(c2cccs2)CC1. The van der Waals surface area contributed by atoms with E-state index in [1.54, 1.807) is 6.26 Å². The Balaban J connectivity index is 1.28. The maximum atomic E-state index is 5.66. The smallest absolute Gasteiger partial charge is 0.226 e. The van der Waals surface area contributed by atoms with Gasteiger partial charge in [0.2, 0.25) is 5.89 Å². The lowest BCUT2D eigenvalue weighted by molar-refractivity contribution is 0.463. The molecule has 1 aliphatic rings. The number of aromatic nitrogens is 1. The molecule has 0 spiro atoms. The first kappa shape index (κ1) is 21.4. The van der Waals surface area contributed by atoms with Gasteiger partial charge in [0.25, 0.3) is 0 Å². The van der Waals surface area contributed by atoms with Gasteiger partial charge < -0.3 is 20.0 Å². The van der Waals surface area contributed by atoms with Gasteiger partial charge in [0, 0.05) is 44.2 Å². The summed E-state index contributed by atoms with van der Waals surface area (Å²) >= 11 is 1.82. The Bertz CT molecular complexity index is 956. The lowest BCUT2D eigenvalue weighted by atomic mass is 10.1. The molecule has 1 saturated heterocycles. The quantitative estimate of drug-likeness (QED) is 0.421. The molecule has 0 aliphatic carbocycles. The number of oxazole rings is 1. The van der Waals surface area contributed by atoms with Gasteiger partial charge in [-0.3, -0.25) is 4.99 Å². The molecule has 0 radical (unpaired) electrons. The van der Waals surface area contributed by atoms with E-state index in [9.17, 15) is 0 Å². The predicted molar refractivity (Wildman–Crippen MR) is 129 cm³/mol. The first-order chi connectivity index (χ1) is 15.2. The van der Waals surface area contributed by atoms with E-state index >= 15 is 0 Å². The molecule has 2 aromatic heterocycles. The van der Waals surface area contributed by atoms with Crippen LogP contribution < -0.4 is 15.5 Å². The average molecular weight is 438 g/mol. The normalized spacial score (nSPS) is 15.3. The Labute approximate surface area is 188 Å². The minimum Gasteiger partial charge on any atom is -0.444 e. The van der Waals surface area contributed by atoms with Gasteiger partial charge in [-0.15, -0.1) is 11.3 Å². The number of hydrogen-bond acceptors (Lipinski definition) is 5. The summed E-state index contributed by atoms with van der Waals surface area (Å²) in [6.45, 7) is 7.86. The first-order valence-electron chi connectivity index (χ1n) is 11.1. The molecule has 2 N–H and O–H groups in total. The molecular weight excluding hydrogens is 406 g/mol. The summed E-state index contributed by atoms with van der Waals surface area (Å²) in [4.78, 5) is 11.9. The minimum absolute atomic E-state index is 0.453. The van der Waals surface area contributed by atoms with Crippen LogP contribution in [-0.2, 0) is 6.42 Å². The van der Waals surface area contributed by atoms with Gasteiger partial charge in [-0.25, -0.2) is 4.98 Å². The molecule has 6 nitrogen and oxygen atoms in total. The molecular formula is C24H31N5OS. The van der Waals surface area contributed by atoms with Crippen molar-refractivity contribution in [1.29, 1.82) is 0 Å². The molecule has 0 atom stereocenters.